The van der Waals surface area contributed by atoms with Gasteiger partial charge in [-0.05, 0) is 93.0 Å². The molecule has 0 aliphatic rings. The van der Waals surface area contributed by atoms with Crippen molar-refractivity contribution in [1.82, 2.24) is 19.4 Å². The molecule has 0 spiro atoms. The molecule has 4 rings (SSSR count). The van der Waals surface area contributed by atoms with Gasteiger partial charge < -0.3 is 22.2 Å². The highest BCUT2D eigenvalue weighted by atomic mass is 19.4. The second-order valence-electron chi connectivity index (χ2n) is 12.7. The van der Waals surface area contributed by atoms with Gasteiger partial charge in [0.2, 0.25) is 0 Å². The average Bonchev–Trinajstić information content (AvgIpc) is 3.49. The lowest BCUT2D eigenvalue weighted by Crippen LogP contribution is -2.32. The molecule has 14 heteroatoms. The number of nitrogens with two attached hydrogens (primary N) is 3. The van der Waals surface area contributed by atoms with Crippen LogP contribution in [0.1, 0.15) is 75.1 Å². The van der Waals surface area contributed by atoms with Crippen molar-refractivity contribution in [3.8, 4) is 16.9 Å². The molecule has 2 aromatic heterocycles. The summed E-state index contributed by atoms with van der Waals surface area (Å²) in [6.45, 7) is 4.91. The van der Waals surface area contributed by atoms with E-state index in [9.17, 15) is 22.4 Å². The van der Waals surface area contributed by atoms with Crippen LogP contribution < -0.4 is 22.9 Å². The molecule has 2 unspecified atom stereocenters. The molecule has 0 aliphatic heterocycles. The molecule has 2 atom stereocenters. The number of amidine groups is 1. The van der Waals surface area contributed by atoms with Gasteiger partial charge in [0.05, 0.1) is 24.5 Å². The van der Waals surface area contributed by atoms with E-state index in [1.807, 2.05) is 18.7 Å². The Hall–Kier alpha value is -4.14. The van der Waals surface area contributed by atoms with Crippen molar-refractivity contribution in [1.29, 1.82) is 0 Å². The second-order valence-corrected chi connectivity index (χ2v) is 12.7. The zero-order valence-electron chi connectivity index (χ0n) is 28.6. The molecule has 4 aromatic rings. The van der Waals surface area contributed by atoms with E-state index in [1.165, 1.54) is 16.8 Å². The lowest BCUT2D eigenvalue weighted by atomic mass is 9.98. The number of hydrogen-bond donors (Lipinski definition) is 4. The number of rotatable bonds is 18. The predicted octanol–water partition coefficient (Wildman–Crippen LogP) is 6.42. The predicted molar refractivity (Wildman–Crippen MR) is 189 cm³/mol. The monoisotopic (exact) mass is 702 g/mol. The van der Waals surface area contributed by atoms with Gasteiger partial charge in [-0.15, -0.1) is 0 Å². The first kappa shape index (κ1) is 38.7. The number of halogens is 5. The van der Waals surface area contributed by atoms with Gasteiger partial charge in [-0.2, -0.15) is 18.2 Å². The van der Waals surface area contributed by atoms with Crippen LogP contribution in [-0.2, 0) is 12.6 Å². The molecule has 50 heavy (non-hydrogen) atoms. The summed E-state index contributed by atoms with van der Waals surface area (Å²) in [4.78, 5) is 26.5. The zero-order valence-corrected chi connectivity index (χ0v) is 28.6. The Morgan fingerprint density at radius 1 is 1.08 bits per heavy atom. The number of aromatic amines is 1. The Labute approximate surface area is 288 Å². The van der Waals surface area contributed by atoms with E-state index in [4.69, 9.17) is 17.2 Å². The molecule has 7 N–H and O–H groups in total. The molecule has 0 saturated carbocycles. The molecular weight excluding hydrogens is 655 g/mol. The molecule has 0 radical (unpaired) electrons. The van der Waals surface area contributed by atoms with Crippen molar-refractivity contribution in [2.75, 3.05) is 32.9 Å². The summed E-state index contributed by atoms with van der Waals surface area (Å²) in [7, 11) is 0. The largest absolute Gasteiger partial charge is 0.416 e. The molecule has 0 saturated heterocycles. The van der Waals surface area contributed by atoms with Gasteiger partial charge in [-0.1, -0.05) is 19.4 Å². The number of nitrogens with one attached hydrogen (secondary N) is 1. The van der Waals surface area contributed by atoms with Crippen LogP contribution in [0.4, 0.5) is 22.0 Å². The summed E-state index contributed by atoms with van der Waals surface area (Å²) in [5, 5.41) is 0.458. The SMILES string of the molecule is CCCC(c1ccc(-n2cc3cc(-c4cc(CCCC(C)N)cc(C(F)(F)F)c4)[nH]c3nc2=O)cc1F)N(CCCF)CCCN=C(N)CN. The van der Waals surface area contributed by atoms with Crippen LogP contribution in [0.5, 0.6) is 0 Å². The minimum atomic E-state index is -4.55. The highest BCUT2D eigenvalue weighted by Gasteiger charge is 2.31. The Morgan fingerprint density at radius 2 is 1.84 bits per heavy atom. The first-order chi connectivity index (χ1) is 23.8. The summed E-state index contributed by atoms with van der Waals surface area (Å²) >= 11 is 0. The highest BCUT2D eigenvalue weighted by Crippen LogP contribution is 2.35. The smallest absolute Gasteiger partial charge is 0.386 e. The molecular formula is C36H47F5N8O. The van der Waals surface area contributed by atoms with Gasteiger partial charge in [0.15, 0.2) is 0 Å². The third-order valence-electron chi connectivity index (χ3n) is 8.59. The maximum atomic E-state index is 15.9. The molecule has 0 amide bonds. The minimum Gasteiger partial charge on any atom is -0.386 e. The maximum absolute atomic E-state index is 15.9. The van der Waals surface area contributed by atoms with Gasteiger partial charge in [0.1, 0.15) is 17.3 Å². The maximum Gasteiger partial charge on any atom is 0.416 e. The summed E-state index contributed by atoms with van der Waals surface area (Å²) in [5.41, 5.74) is 17.6. The fourth-order valence-electron chi connectivity index (χ4n) is 6.11. The average molecular weight is 703 g/mol. The third kappa shape index (κ3) is 10.2. The fraction of sp³-hybridized carbons (Fsp3) is 0.472. The van der Waals surface area contributed by atoms with Crippen LogP contribution in [0, 0.1) is 5.82 Å². The van der Waals surface area contributed by atoms with E-state index in [0.29, 0.717) is 91.8 Å². The normalized spacial score (nSPS) is 13.8. The van der Waals surface area contributed by atoms with Crippen molar-refractivity contribution in [2.24, 2.45) is 22.2 Å². The number of hydrogen-bond acceptors (Lipinski definition) is 6. The van der Waals surface area contributed by atoms with E-state index < -0.39 is 29.9 Å². The molecule has 0 fully saturated rings. The number of H-pyrrole nitrogens is 1. The Kier molecular flexibility index (Phi) is 13.7. The van der Waals surface area contributed by atoms with Gasteiger partial charge in [-0.25, -0.2) is 9.18 Å². The van der Waals surface area contributed by atoms with Crippen LogP contribution in [0.2, 0.25) is 0 Å². The van der Waals surface area contributed by atoms with E-state index in [0.717, 1.165) is 18.6 Å². The van der Waals surface area contributed by atoms with Crippen molar-refractivity contribution in [2.45, 2.75) is 77.1 Å². The van der Waals surface area contributed by atoms with Crippen molar-refractivity contribution in [3.05, 3.63) is 81.7 Å². The Morgan fingerprint density at radius 3 is 2.50 bits per heavy atom. The van der Waals surface area contributed by atoms with Gasteiger partial charge >= 0.3 is 11.9 Å². The Bertz CT molecular complexity index is 1800. The first-order valence-corrected chi connectivity index (χ1v) is 17.0. The fourth-order valence-corrected chi connectivity index (χ4v) is 6.11. The number of fused-ring (bicyclic) bond motifs is 1. The molecule has 0 bridgehead atoms. The summed E-state index contributed by atoms with van der Waals surface area (Å²) < 4.78 is 71.8. The molecule has 9 nitrogen and oxygen atoms in total. The molecule has 272 valence electrons. The number of aromatic nitrogens is 3. The van der Waals surface area contributed by atoms with Crippen molar-refractivity contribution < 1.29 is 22.0 Å². The zero-order chi connectivity index (χ0) is 36.4. The van der Waals surface area contributed by atoms with Gasteiger partial charge in [0.25, 0.3) is 0 Å². The Balaban J connectivity index is 1.65. The van der Waals surface area contributed by atoms with Gasteiger partial charge in [-0.3, -0.25) is 18.8 Å². The first-order valence-electron chi connectivity index (χ1n) is 17.0. The number of aliphatic imine (C=N–C) groups is 1. The minimum absolute atomic E-state index is 0.0597. The third-order valence-corrected chi connectivity index (χ3v) is 8.59. The molecule has 2 aromatic carbocycles. The topological polar surface area (TPSA) is 144 Å². The van der Waals surface area contributed by atoms with Crippen LogP contribution in [0.25, 0.3) is 28.0 Å². The number of alkyl halides is 4. The summed E-state index contributed by atoms with van der Waals surface area (Å²) in [6, 6.07) is 9.65. The van der Waals surface area contributed by atoms with Crippen molar-refractivity contribution in [3.63, 3.8) is 0 Å². The standard InChI is InChI=1S/C36H47F5N8O/c1-3-7-32(48(14-5-12-37)15-6-13-45-33(44)21-42)29-11-10-28(20-30(29)38)49-22-26-19-31(46-34(26)47-35(49)50)25-16-24(9-4-8-23(2)43)17-27(18-25)36(39,40)41/h10-11,16-20,22-23,32H,3-9,12-15,21,42-43H2,1-2H3,(H2,44,45)(H,46,47,50). The lowest BCUT2D eigenvalue weighted by Gasteiger charge is -2.32. The van der Waals surface area contributed by atoms with E-state index >= 15 is 4.39 Å². The molecule has 2 heterocycles. The number of aryl methyl sites for hydroxylation is 1. The second kappa shape index (κ2) is 17.7. The summed E-state index contributed by atoms with van der Waals surface area (Å²) in [5.74, 6) is -0.182. The summed E-state index contributed by atoms with van der Waals surface area (Å²) in [6.07, 6.45) is 0.974. The lowest BCUT2D eigenvalue weighted by molar-refractivity contribution is -0.137. The van der Waals surface area contributed by atoms with Crippen LogP contribution >= 0.6 is 0 Å². The van der Waals surface area contributed by atoms with E-state index in [1.54, 1.807) is 24.3 Å². The quantitative estimate of drug-likeness (QED) is 0.0408. The van der Waals surface area contributed by atoms with E-state index in [2.05, 4.69) is 15.0 Å². The highest BCUT2D eigenvalue weighted by molar-refractivity contribution is 5.83. The molecule has 0 aliphatic carbocycles. The van der Waals surface area contributed by atoms with Crippen LogP contribution in [-0.4, -0.2) is 64.2 Å². The van der Waals surface area contributed by atoms with Gasteiger partial charge in [0, 0.05) is 54.6 Å². The number of benzene rings is 2. The van der Waals surface area contributed by atoms with E-state index in [-0.39, 0.29) is 30.0 Å². The number of nitrogens with zero attached hydrogens (tertiary/aromatic N) is 4. The van der Waals surface area contributed by atoms with Crippen LogP contribution in [0.3, 0.4) is 0 Å². The van der Waals surface area contributed by atoms with Crippen LogP contribution in [0.15, 0.2) is 58.4 Å². The van der Waals surface area contributed by atoms with Crippen molar-refractivity contribution >= 4 is 16.9 Å².